The van der Waals surface area contributed by atoms with Crippen molar-refractivity contribution in [2.75, 3.05) is 29.9 Å². The molecule has 1 atom stereocenters. The summed E-state index contributed by atoms with van der Waals surface area (Å²) in [5.74, 6) is -0.0820. The van der Waals surface area contributed by atoms with Crippen molar-refractivity contribution in [3.05, 3.63) is 59.7 Å². The molecule has 3 rings (SSSR count). The fourth-order valence-electron chi connectivity index (χ4n) is 2.80. The molecular formula is C19H22N2O2. The Morgan fingerprint density at radius 2 is 2.00 bits per heavy atom. The number of rotatable bonds is 3. The summed E-state index contributed by atoms with van der Waals surface area (Å²) in [6.07, 6.45) is 0.254. The number of anilines is 2. The average molecular weight is 310 g/mol. The third-order valence-corrected chi connectivity index (χ3v) is 4.01. The van der Waals surface area contributed by atoms with E-state index in [1.807, 2.05) is 55.5 Å². The highest BCUT2D eigenvalue weighted by Crippen LogP contribution is 2.21. The zero-order chi connectivity index (χ0) is 16.2. The summed E-state index contributed by atoms with van der Waals surface area (Å²) in [6, 6.07) is 15.6. The zero-order valence-electron chi connectivity index (χ0n) is 13.6. The maximum Gasteiger partial charge on any atom is 0.255 e. The van der Waals surface area contributed by atoms with Gasteiger partial charge in [0, 0.05) is 30.0 Å². The van der Waals surface area contributed by atoms with Crippen LogP contribution in [0.15, 0.2) is 48.5 Å². The lowest BCUT2D eigenvalue weighted by Crippen LogP contribution is -2.41. The number of nitrogens with one attached hydrogen (secondary N) is 1. The monoisotopic (exact) mass is 310 g/mol. The Kier molecular flexibility index (Phi) is 4.63. The van der Waals surface area contributed by atoms with Crippen LogP contribution >= 0.6 is 0 Å². The molecule has 0 saturated carbocycles. The number of amides is 1. The van der Waals surface area contributed by atoms with E-state index in [2.05, 4.69) is 17.1 Å². The molecule has 2 aromatic rings. The summed E-state index contributed by atoms with van der Waals surface area (Å²) < 4.78 is 5.57. The second kappa shape index (κ2) is 6.84. The molecule has 1 N–H and O–H groups in total. The largest absolute Gasteiger partial charge is 0.375 e. The van der Waals surface area contributed by atoms with Crippen LogP contribution in [0, 0.1) is 6.92 Å². The summed E-state index contributed by atoms with van der Waals surface area (Å²) in [4.78, 5) is 14.6. The number of hydrogen-bond donors (Lipinski definition) is 1. The number of nitrogens with zero attached hydrogens (tertiary/aromatic N) is 1. The molecule has 4 nitrogen and oxygen atoms in total. The maximum absolute atomic E-state index is 12.3. The van der Waals surface area contributed by atoms with E-state index in [1.165, 1.54) is 0 Å². The molecule has 0 spiro atoms. The van der Waals surface area contributed by atoms with E-state index >= 15 is 0 Å². The first-order chi connectivity index (χ1) is 11.1. The summed E-state index contributed by atoms with van der Waals surface area (Å²) in [5, 5.41) is 2.94. The first-order valence-corrected chi connectivity index (χ1v) is 7.96. The smallest absolute Gasteiger partial charge is 0.255 e. The van der Waals surface area contributed by atoms with Gasteiger partial charge in [0.15, 0.2) is 0 Å². The summed E-state index contributed by atoms with van der Waals surface area (Å²) in [5.41, 5.74) is 3.72. The molecule has 0 radical (unpaired) electrons. The van der Waals surface area contributed by atoms with Crippen molar-refractivity contribution in [1.29, 1.82) is 0 Å². The maximum atomic E-state index is 12.3. The minimum atomic E-state index is -0.0820. The number of carbonyl (C=O) groups is 1. The lowest BCUT2D eigenvalue weighted by Gasteiger charge is -2.33. The molecule has 2 aromatic carbocycles. The fourth-order valence-corrected chi connectivity index (χ4v) is 2.80. The Labute approximate surface area is 137 Å². The van der Waals surface area contributed by atoms with Gasteiger partial charge < -0.3 is 15.0 Å². The predicted molar refractivity (Wildman–Crippen MR) is 93.2 cm³/mol. The highest BCUT2D eigenvalue weighted by Gasteiger charge is 2.16. The van der Waals surface area contributed by atoms with Crippen LogP contribution in [0.3, 0.4) is 0 Å². The van der Waals surface area contributed by atoms with Gasteiger partial charge in [-0.05, 0) is 50.2 Å². The summed E-state index contributed by atoms with van der Waals surface area (Å²) in [7, 11) is 0. The number of carbonyl (C=O) groups excluding carboxylic acids is 1. The standard InChI is InChI=1S/C19H22N2O2/c1-14-4-3-5-16(12-14)19(22)20-17-6-8-18(9-7-17)21-10-11-23-15(2)13-21/h3-9,12,15H,10-11,13H2,1-2H3,(H,20,22). The van der Waals surface area contributed by atoms with Crippen LogP contribution in [-0.2, 0) is 4.74 Å². The Bertz CT molecular complexity index is 682. The highest BCUT2D eigenvalue weighted by molar-refractivity contribution is 6.04. The van der Waals surface area contributed by atoms with Gasteiger partial charge >= 0.3 is 0 Å². The van der Waals surface area contributed by atoms with Gasteiger partial charge in [-0.1, -0.05) is 17.7 Å². The van der Waals surface area contributed by atoms with Crippen molar-refractivity contribution in [2.24, 2.45) is 0 Å². The highest BCUT2D eigenvalue weighted by atomic mass is 16.5. The Balaban J connectivity index is 1.66. The summed E-state index contributed by atoms with van der Waals surface area (Å²) >= 11 is 0. The number of morpholine rings is 1. The van der Waals surface area contributed by atoms with Crippen molar-refractivity contribution in [2.45, 2.75) is 20.0 Å². The van der Waals surface area contributed by atoms with E-state index < -0.39 is 0 Å². The Hall–Kier alpha value is -2.33. The van der Waals surface area contributed by atoms with Crippen molar-refractivity contribution in [1.82, 2.24) is 0 Å². The molecule has 1 fully saturated rings. The molecule has 1 aliphatic rings. The molecule has 1 unspecified atom stereocenters. The molecule has 1 amide bonds. The average Bonchev–Trinajstić information content (AvgIpc) is 2.55. The molecule has 120 valence electrons. The summed E-state index contributed by atoms with van der Waals surface area (Å²) in [6.45, 7) is 6.62. The lowest BCUT2D eigenvalue weighted by molar-refractivity contribution is 0.0532. The van der Waals surface area contributed by atoms with Crippen LogP contribution < -0.4 is 10.2 Å². The first kappa shape index (κ1) is 15.6. The normalized spacial score (nSPS) is 17.8. The molecular weight excluding hydrogens is 288 g/mol. The molecule has 0 aliphatic carbocycles. The third kappa shape index (κ3) is 3.90. The van der Waals surface area contributed by atoms with E-state index in [1.54, 1.807) is 0 Å². The van der Waals surface area contributed by atoms with Crippen molar-refractivity contribution < 1.29 is 9.53 Å². The topological polar surface area (TPSA) is 41.6 Å². The quantitative estimate of drug-likeness (QED) is 0.944. The van der Waals surface area contributed by atoms with Crippen LogP contribution in [0.5, 0.6) is 0 Å². The van der Waals surface area contributed by atoms with Gasteiger partial charge in [-0.2, -0.15) is 0 Å². The minimum absolute atomic E-state index is 0.0820. The van der Waals surface area contributed by atoms with E-state index in [0.29, 0.717) is 5.56 Å². The van der Waals surface area contributed by atoms with Gasteiger partial charge in [0.2, 0.25) is 0 Å². The van der Waals surface area contributed by atoms with Gasteiger partial charge in [-0.25, -0.2) is 0 Å². The van der Waals surface area contributed by atoms with Gasteiger partial charge in [-0.15, -0.1) is 0 Å². The Morgan fingerprint density at radius 1 is 1.22 bits per heavy atom. The van der Waals surface area contributed by atoms with Crippen LogP contribution in [0.2, 0.25) is 0 Å². The van der Waals surface area contributed by atoms with Crippen LogP contribution in [-0.4, -0.2) is 31.7 Å². The first-order valence-electron chi connectivity index (χ1n) is 7.96. The van der Waals surface area contributed by atoms with Gasteiger partial charge in [0.05, 0.1) is 12.7 Å². The Morgan fingerprint density at radius 3 is 2.70 bits per heavy atom. The molecule has 4 heteroatoms. The molecule has 0 aromatic heterocycles. The van der Waals surface area contributed by atoms with Crippen LogP contribution in [0.4, 0.5) is 11.4 Å². The predicted octanol–water partition coefficient (Wildman–Crippen LogP) is 3.47. The second-order valence-electron chi connectivity index (χ2n) is 6.00. The lowest BCUT2D eigenvalue weighted by atomic mass is 10.1. The van der Waals surface area contributed by atoms with E-state index in [0.717, 1.165) is 36.6 Å². The third-order valence-electron chi connectivity index (χ3n) is 4.01. The molecule has 1 aliphatic heterocycles. The van der Waals surface area contributed by atoms with E-state index in [-0.39, 0.29) is 12.0 Å². The van der Waals surface area contributed by atoms with Gasteiger partial charge in [0.25, 0.3) is 5.91 Å². The molecule has 0 bridgehead atoms. The number of ether oxygens (including phenoxy) is 1. The second-order valence-corrected chi connectivity index (χ2v) is 6.00. The van der Waals surface area contributed by atoms with E-state index in [9.17, 15) is 4.79 Å². The molecule has 23 heavy (non-hydrogen) atoms. The van der Waals surface area contributed by atoms with Gasteiger partial charge in [0.1, 0.15) is 0 Å². The molecule has 1 saturated heterocycles. The molecule has 1 heterocycles. The fraction of sp³-hybridized carbons (Fsp3) is 0.316. The number of benzene rings is 2. The van der Waals surface area contributed by atoms with Crippen LogP contribution in [0.25, 0.3) is 0 Å². The van der Waals surface area contributed by atoms with E-state index in [4.69, 9.17) is 4.74 Å². The minimum Gasteiger partial charge on any atom is -0.375 e. The number of hydrogen-bond acceptors (Lipinski definition) is 3. The van der Waals surface area contributed by atoms with Gasteiger partial charge in [-0.3, -0.25) is 4.79 Å². The van der Waals surface area contributed by atoms with Crippen LogP contribution in [0.1, 0.15) is 22.8 Å². The zero-order valence-corrected chi connectivity index (χ0v) is 13.6. The number of aryl methyl sites for hydroxylation is 1. The van der Waals surface area contributed by atoms with Crippen molar-refractivity contribution in [3.63, 3.8) is 0 Å². The van der Waals surface area contributed by atoms with Crippen molar-refractivity contribution >= 4 is 17.3 Å². The van der Waals surface area contributed by atoms with Crippen molar-refractivity contribution in [3.8, 4) is 0 Å². The SMILES string of the molecule is Cc1cccc(C(=O)Nc2ccc(N3CCOC(C)C3)cc2)c1.